The van der Waals surface area contributed by atoms with Gasteiger partial charge in [0.25, 0.3) is 0 Å². The molecule has 2 aromatic carbocycles. The largest absolute Gasteiger partial charge is 0.103 e. The molecule has 0 heterocycles. The molecular weight excluding hydrogens is 271 g/mol. The Labute approximate surface area is 107 Å². The molecule has 1 radical (unpaired) electrons. The molecule has 0 atom stereocenters. The summed E-state index contributed by atoms with van der Waals surface area (Å²) >= 11 is -3.69. The van der Waals surface area contributed by atoms with Crippen molar-refractivity contribution in [1.82, 2.24) is 0 Å². The summed E-state index contributed by atoms with van der Waals surface area (Å²) < 4.78 is 24.4. The van der Waals surface area contributed by atoms with E-state index in [2.05, 4.69) is 60.7 Å². The molecule has 0 aliphatic carbocycles. The van der Waals surface area contributed by atoms with E-state index in [1.54, 1.807) is 0 Å². The molecule has 0 aliphatic rings. The van der Waals surface area contributed by atoms with Crippen LogP contribution in [0, 0.1) is 0 Å². The average Bonchev–Trinajstić information content (AvgIpc) is 2.31. The summed E-state index contributed by atoms with van der Waals surface area (Å²) in [6, 6.07) is 21.3. The van der Waals surface area contributed by atoms with Crippen LogP contribution in [0.5, 0.6) is 0 Å². The molecular formula is C12H12O3SiV. The minimum absolute atomic E-state index is 0.271. The first kappa shape index (κ1) is 13.9. The summed E-state index contributed by atoms with van der Waals surface area (Å²) in [6.45, 7) is 0. The van der Waals surface area contributed by atoms with E-state index in [1.807, 2.05) is 0 Å². The van der Waals surface area contributed by atoms with Gasteiger partial charge in [0.2, 0.25) is 0 Å². The Balaban J connectivity index is 0.000000317. The second-order valence-electron chi connectivity index (χ2n) is 3.20. The molecule has 0 aromatic heterocycles. The summed E-state index contributed by atoms with van der Waals surface area (Å²) in [5.74, 6) is 0. The van der Waals surface area contributed by atoms with Crippen LogP contribution < -0.4 is 10.4 Å². The number of benzene rings is 2. The van der Waals surface area contributed by atoms with Gasteiger partial charge in [-0.2, -0.15) is 0 Å². The van der Waals surface area contributed by atoms with Crippen LogP contribution in [0.1, 0.15) is 0 Å². The van der Waals surface area contributed by atoms with Gasteiger partial charge in [0.1, 0.15) is 9.52 Å². The van der Waals surface area contributed by atoms with Gasteiger partial charge in [-0.3, -0.25) is 0 Å². The SMILES string of the molecule is [O]=[V](=[O])[OH].c1ccc([SiH]c2ccccc2)cc1. The zero-order valence-electron chi connectivity index (χ0n) is 9.06. The Bertz CT molecular complexity index is 452. The standard InChI is InChI=1S/C12H11Si.H2O.2O.V/c1-3-7-11(8-4-1)13-12-9-5-2-6-10-12;;;;/h1-10,13H;1H2;;;/q;;;;+1/p-1. The molecule has 0 aliphatic heterocycles. The van der Waals surface area contributed by atoms with Crippen molar-refractivity contribution >= 4 is 19.9 Å². The summed E-state index contributed by atoms with van der Waals surface area (Å²) in [5.41, 5.74) is 0. The van der Waals surface area contributed by atoms with E-state index in [0.717, 1.165) is 0 Å². The van der Waals surface area contributed by atoms with Gasteiger partial charge in [0.15, 0.2) is 0 Å². The van der Waals surface area contributed by atoms with E-state index in [4.69, 9.17) is 11.4 Å². The molecule has 0 saturated heterocycles. The molecule has 5 heteroatoms. The first-order valence-corrected chi connectivity index (χ1v) is 7.88. The van der Waals surface area contributed by atoms with Gasteiger partial charge in [-0.15, -0.1) is 0 Å². The van der Waals surface area contributed by atoms with E-state index in [1.165, 1.54) is 10.4 Å². The smallest absolute Gasteiger partial charge is 0.0632 e. The molecule has 0 amide bonds. The van der Waals surface area contributed by atoms with Gasteiger partial charge >= 0.3 is 26.8 Å². The zero-order valence-corrected chi connectivity index (χ0v) is 11.6. The van der Waals surface area contributed by atoms with Crippen molar-refractivity contribution in [2.45, 2.75) is 0 Å². The van der Waals surface area contributed by atoms with Crippen LogP contribution >= 0.6 is 0 Å². The maximum Gasteiger partial charge on any atom is 0.103 e. The van der Waals surface area contributed by atoms with Crippen molar-refractivity contribution in [2.75, 3.05) is 0 Å². The maximum absolute atomic E-state index is 8.67. The van der Waals surface area contributed by atoms with Gasteiger partial charge in [-0.05, 0) is 0 Å². The van der Waals surface area contributed by atoms with E-state index in [-0.39, 0.29) is 9.52 Å². The molecule has 0 unspecified atom stereocenters. The van der Waals surface area contributed by atoms with Crippen molar-refractivity contribution in [3.05, 3.63) is 60.7 Å². The fraction of sp³-hybridized carbons (Fsp3) is 0. The third-order valence-electron chi connectivity index (χ3n) is 1.93. The Kier molecular flexibility index (Phi) is 6.50. The first-order valence-electron chi connectivity index (χ1n) is 4.96. The third kappa shape index (κ3) is 6.86. The van der Waals surface area contributed by atoms with Crippen molar-refractivity contribution in [3.63, 3.8) is 0 Å². The molecule has 0 fully saturated rings. The normalized spacial score (nSPS) is 9.00. The predicted octanol–water partition coefficient (Wildman–Crippen LogP) is 0.277. The Morgan fingerprint density at radius 2 is 1.06 bits per heavy atom. The monoisotopic (exact) mass is 283 g/mol. The molecule has 3 nitrogen and oxygen atoms in total. The van der Waals surface area contributed by atoms with Gasteiger partial charge < -0.3 is 0 Å². The van der Waals surface area contributed by atoms with Crippen molar-refractivity contribution in [1.29, 1.82) is 0 Å². The van der Waals surface area contributed by atoms with Crippen LogP contribution in [0.3, 0.4) is 0 Å². The van der Waals surface area contributed by atoms with E-state index in [0.29, 0.717) is 0 Å². The van der Waals surface area contributed by atoms with Crippen LogP contribution in [-0.2, 0) is 22.7 Å². The predicted molar refractivity (Wildman–Crippen MR) is 62.9 cm³/mol. The van der Waals surface area contributed by atoms with E-state index >= 15 is 0 Å². The second kappa shape index (κ2) is 7.98. The number of rotatable bonds is 2. The fourth-order valence-electron chi connectivity index (χ4n) is 1.29. The quantitative estimate of drug-likeness (QED) is 0.805. The summed E-state index contributed by atoms with van der Waals surface area (Å²) in [7, 11) is 0.271. The summed E-state index contributed by atoms with van der Waals surface area (Å²) in [6.07, 6.45) is 0. The minimum Gasteiger partial charge on any atom is -0.0632 e. The van der Waals surface area contributed by atoms with Crippen LogP contribution in [0.4, 0.5) is 0 Å². The molecule has 1 N–H and O–H groups in total. The third-order valence-corrected chi connectivity index (χ3v) is 3.37. The number of hydrogen-bond acceptors (Lipinski definition) is 2. The van der Waals surface area contributed by atoms with Gasteiger partial charge in [-0.25, -0.2) is 0 Å². The van der Waals surface area contributed by atoms with Gasteiger partial charge in [0.05, 0.1) is 0 Å². The molecule has 2 aromatic rings. The van der Waals surface area contributed by atoms with Gasteiger partial charge in [0, 0.05) is 0 Å². The molecule has 0 bridgehead atoms. The van der Waals surface area contributed by atoms with Crippen molar-refractivity contribution in [3.8, 4) is 0 Å². The van der Waals surface area contributed by atoms with Crippen molar-refractivity contribution in [2.24, 2.45) is 0 Å². The molecule has 0 spiro atoms. The summed E-state index contributed by atoms with van der Waals surface area (Å²) in [5, 5.41) is 2.90. The van der Waals surface area contributed by atoms with Crippen LogP contribution in [-0.4, -0.2) is 13.6 Å². The minimum atomic E-state index is -3.69. The van der Waals surface area contributed by atoms with E-state index < -0.39 is 15.4 Å². The topological polar surface area (TPSA) is 54.4 Å². The Morgan fingerprint density at radius 3 is 1.35 bits per heavy atom. The molecule has 17 heavy (non-hydrogen) atoms. The van der Waals surface area contributed by atoms with Crippen LogP contribution in [0.25, 0.3) is 0 Å². The molecule has 0 saturated carbocycles. The van der Waals surface area contributed by atoms with Crippen LogP contribution in [0.2, 0.25) is 0 Å². The fourth-order valence-corrected chi connectivity index (χ4v) is 2.51. The zero-order chi connectivity index (χ0) is 12.5. The Hall–Kier alpha value is -1.20. The average molecular weight is 283 g/mol. The second-order valence-corrected chi connectivity index (χ2v) is 5.57. The van der Waals surface area contributed by atoms with Gasteiger partial charge in [-0.1, -0.05) is 71.0 Å². The number of hydrogen-bond donors (Lipinski definition) is 1. The molecule has 87 valence electrons. The van der Waals surface area contributed by atoms with Crippen LogP contribution in [0.15, 0.2) is 60.7 Å². The maximum atomic E-state index is 8.67. The Morgan fingerprint density at radius 1 is 0.765 bits per heavy atom. The first-order chi connectivity index (χ1) is 8.18. The molecule has 2 rings (SSSR count). The van der Waals surface area contributed by atoms with E-state index in [9.17, 15) is 0 Å². The van der Waals surface area contributed by atoms with Crippen molar-refractivity contribution < 1.29 is 26.8 Å². The summed E-state index contributed by atoms with van der Waals surface area (Å²) in [4.78, 5) is 0.